The molecule has 1 heterocycles. The van der Waals surface area contributed by atoms with Gasteiger partial charge in [0.05, 0.1) is 7.11 Å². The van der Waals surface area contributed by atoms with Crippen LogP contribution in [0.25, 0.3) is 11.4 Å². The van der Waals surface area contributed by atoms with Crippen molar-refractivity contribution in [2.75, 3.05) is 7.11 Å². The zero-order chi connectivity index (χ0) is 19.4. The first-order chi connectivity index (χ1) is 12.9. The molecule has 10 heteroatoms. The van der Waals surface area contributed by atoms with Gasteiger partial charge in [0.1, 0.15) is 16.5 Å². The van der Waals surface area contributed by atoms with Crippen LogP contribution in [-0.2, 0) is 23.1 Å². The number of nitrogens with one attached hydrogen (secondary N) is 1. The predicted octanol–water partition coefficient (Wildman–Crippen LogP) is 1.99. The molecule has 3 aromatic rings. The third-order valence-corrected chi connectivity index (χ3v) is 5.34. The number of halogens is 1. The summed E-state index contributed by atoms with van der Waals surface area (Å²) in [6, 6.07) is 10.3. The van der Waals surface area contributed by atoms with Crippen LogP contribution < -0.4 is 9.46 Å². The molecule has 142 valence electrons. The second kappa shape index (κ2) is 7.80. The minimum atomic E-state index is -3.89. The fraction of sp³-hybridized carbons (Fsp3) is 0.235. The van der Waals surface area contributed by atoms with Crippen molar-refractivity contribution in [3.63, 3.8) is 0 Å². The lowest BCUT2D eigenvalue weighted by atomic mass is 10.2. The zero-order valence-corrected chi connectivity index (χ0v) is 15.6. The second-order valence-electron chi connectivity index (χ2n) is 5.63. The van der Waals surface area contributed by atoms with Crippen LogP contribution in [0.3, 0.4) is 0 Å². The molecular weight excluding hydrogens is 373 g/mol. The molecule has 2 aromatic carbocycles. The molecule has 0 unspecified atom stereocenters. The maximum atomic E-state index is 13.0. The van der Waals surface area contributed by atoms with Gasteiger partial charge in [-0.3, -0.25) is 0 Å². The van der Waals surface area contributed by atoms with Gasteiger partial charge < -0.3 is 4.74 Å². The fourth-order valence-corrected chi connectivity index (χ4v) is 3.72. The van der Waals surface area contributed by atoms with E-state index in [-0.39, 0.29) is 23.0 Å². The first kappa shape index (κ1) is 18.9. The van der Waals surface area contributed by atoms with E-state index in [0.29, 0.717) is 23.5 Å². The van der Waals surface area contributed by atoms with Crippen LogP contribution in [0.4, 0.5) is 4.39 Å². The van der Waals surface area contributed by atoms with Gasteiger partial charge in [0.25, 0.3) is 0 Å². The summed E-state index contributed by atoms with van der Waals surface area (Å²) in [5.41, 5.74) is 1.18. The Morgan fingerprint density at radius 3 is 2.59 bits per heavy atom. The Bertz CT molecular complexity index is 1030. The molecule has 0 aliphatic carbocycles. The maximum Gasteiger partial charge on any atom is 0.244 e. The lowest BCUT2D eigenvalue weighted by Gasteiger charge is -2.12. The van der Waals surface area contributed by atoms with Crippen LogP contribution in [0.1, 0.15) is 12.5 Å². The van der Waals surface area contributed by atoms with Crippen LogP contribution in [-0.4, -0.2) is 35.7 Å². The monoisotopic (exact) mass is 391 g/mol. The third kappa shape index (κ3) is 4.12. The Morgan fingerprint density at radius 1 is 1.19 bits per heavy atom. The standard InChI is InChI=1S/C17H18FN5O3S/c1-3-23-17(20-21-22-23)13-6-9-15(26-2)16(10-13)27(24,25)19-11-12-4-7-14(18)8-5-12/h4-10,19H,3,11H2,1-2H3. The van der Waals surface area contributed by atoms with Gasteiger partial charge in [-0.1, -0.05) is 12.1 Å². The molecular formula is C17H18FN5O3S. The van der Waals surface area contributed by atoms with Gasteiger partial charge in [-0.25, -0.2) is 22.2 Å². The lowest BCUT2D eigenvalue weighted by molar-refractivity contribution is 0.402. The number of aryl methyl sites for hydroxylation is 1. The molecule has 0 aliphatic heterocycles. The van der Waals surface area contributed by atoms with E-state index < -0.39 is 10.0 Å². The summed E-state index contributed by atoms with van der Waals surface area (Å²) in [6.45, 7) is 2.44. The van der Waals surface area contributed by atoms with Crippen LogP contribution >= 0.6 is 0 Å². The summed E-state index contributed by atoms with van der Waals surface area (Å²) in [5.74, 6) is 0.264. The molecule has 0 aliphatic rings. The van der Waals surface area contributed by atoms with Gasteiger partial charge in [0, 0.05) is 18.7 Å². The number of rotatable bonds is 7. The highest BCUT2D eigenvalue weighted by Crippen LogP contribution is 2.29. The number of tetrazole rings is 1. The van der Waals surface area contributed by atoms with E-state index in [0.717, 1.165) is 0 Å². The first-order valence-electron chi connectivity index (χ1n) is 8.13. The van der Waals surface area contributed by atoms with Crippen molar-refractivity contribution in [1.82, 2.24) is 24.9 Å². The second-order valence-corrected chi connectivity index (χ2v) is 7.37. The van der Waals surface area contributed by atoms with Gasteiger partial charge in [-0.15, -0.1) is 5.10 Å². The van der Waals surface area contributed by atoms with E-state index in [4.69, 9.17) is 4.74 Å². The highest BCUT2D eigenvalue weighted by Gasteiger charge is 2.21. The van der Waals surface area contributed by atoms with Gasteiger partial charge >= 0.3 is 0 Å². The van der Waals surface area contributed by atoms with Crippen LogP contribution in [0, 0.1) is 5.82 Å². The number of benzene rings is 2. The highest BCUT2D eigenvalue weighted by atomic mass is 32.2. The van der Waals surface area contributed by atoms with E-state index in [2.05, 4.69) is 20.2 Å². The number of aromatic nitrogens is 4. The number of sulfonamides is 1. The van der Waals surface area contributed by atoms with Crippen molar-refractivity contribution in [2.24, 2.45) is 0 Å². The number of nitrogens with zero attached hydrogens (tertiary/aromatic N) is 4. The molecule has 0 amide bonds. The molecule has 0 atom stereocenters. The lowest BCUT2D eigenvalue weighted by Crippen LogP contribution is -2.24. The molecule has 27 heavy (non-hydrogen) atoms. The van der Waals surface area contributed by atoms with Gasteiger partial charge in [0.15, 0.2) is 5.82 Å². The normalized spacial score (nSPS) is 11.5. The van der Waals surface area contributed by atoms with Crippen molar-refractivity contribution in [3.05, 3.63) is 53.8 Å². The van der Waals surface area contributed by atoms with Crippen LogP contribution in [0.15, 0.2) is 47.4 Å². The van der Waals surface area contributed by atoms with E-state index in [1.165, 1.54) is 37.4 Å². The minimum absolute atomic E-state index is 0.0166. The number of methoxy groups -OCH3 is 1. The minimum Gasteiger partial charge on any atom is -0.495 e. The number of hydrogen-bond donors (Lipinski definition) is 1. The molecule has 3 rings (SSSR count). The van der Waals surface area contributed by atoms with E-state index >= 15 is 0 Å². The molecule has 1 aromatic heterocycles. The van der Waals surface area contributed by atoms with Crippen molar-refractivity contribution in [3.8, 4) is 17.1 Å². The molecule has 0 radical (unpaired) electrons. The molecule has 1 N–H and O–H groups in total. The summed E-state index contributed by atoms with van der Waals surface area (Å²) in [6.07, 6.45) is 0. The highest BCUT2D eigenvalue weighted by molar-refractivity contribution is 7.89. The van der Waals surface area contributed by atoms with E-state index in [9.17, 15) is 12.8 Å². The Morgan fingerprint density at radius 2 is 1.93 bits per heavy atom. The van der Waals surface area contributed by atoms with Crippen molar-refractivity contribution in [1.29, 1.82) is 0 Å². The Kier molecular flexibility index (Phi) is 5.47. The SMILES string of the molecule is CCn1nnnc1-c1ccc(OC)c(S(=O)(=O)NCc2ccc(F)cc2)c1. The maximum absolute atomic E-state index is 13.0. The molecule has 8 nitrogen and oxygen atoms in total. The van der Waals surface area contributed by atoms with E-state index in [1.807, 2.05) is 6.92 Å². The Balaban J connectivity index is 1.93. The van der Waals surface area contributed by atoms with Crippen molar-refractivity contribution >= 4 is 10.0 Å². The van der Waals surface area contributed by atoms with Crippen molar-refractivity contribution in [2.45, 2.75) is 24.9 Å². The quantitative estimate of drug-likeness (QED) is 0.661. The number of hydrogen-bond acceptors (Lipinski definition) is 6. The average Bonchev–Trinajstić information content (AvgIpc) is 3.16. The summed E-state index contributed by atoms with van der Waals surface area (Å²) in [4.78, 5) is -0.0322. The third-order valence-electron chi connectivity index (χ3n) is 3.92. The van der Waals surface area contributed by atoms with E-state index in [1.54, 1.807) is 16.8 Å². The Hall–Kier alpha value is -2.85. The Labute approximate surface area is 156 Å². The van der Waals surface area contributed by atoms with Gasteiger partial charge in [0.2, 0.25) is 10.0 Å². The largest absolute Gasteiger partial charge is 0.495 e. The van der Waals surface area contributed by atoms with Gasteiger partial charge in [-0.2, -0.15) is 0 Å². The van der Waals surface area contributed by atoms with Crippen molar-refractivity contribution < 1.29 is 17.5 Å². The molecule has 0 bridgehead atoms. The predicted molar refractivity (Wildman–Crippen MR) is 95.9 cm³/mol. The smallest absolute Gasteiger partial charge is 0.244 e. The van der Waals surface area contributed by atoms with Crippen LogP contribution in [0.5, 0.6) is 5.75 Å². The summed E-state index contributed by atoms with van der Waals surface area (Å²) in [7, 11) is -2.50. The molecule has 0 spiro atoms. The first-order valence-corrected chi connectivity index (χ1v) is 9.61. The summed E-state index contributed by atoms with van der Waals surface area (Å²) >= 11 is 0. The van der Waals surface area contributed by atoms with Crippen LogP contribution in [0.2, 0.25) is 0 Å². The zero-order valence-electron chi connectivity index (χ0n) is 14.8. The average molecular weight is 391 g/mol. The van der Waals surface area contributed by atoms with Gasteiger partial charge in [-0.05, 0) is 53.2 Å². The summed E-state index contributed by atoms with van der Waals surface area (Å²) < 4.78 is 47.9. The molecule has 0 fully saturated rings. The molecule has 0 saturated carbocycles. The fourth-order valence-electron chi connectivity index (χ4n) is 2.51. The topological polar surface area (TPSA) is 99.0 Å². The summed E-state index contributed by atoms with van der Waals surface area (Å²) in [5, 5.41) is 11.4. The number of ether oxygens (including phenoxy) is 1. The molecule has 0 saturated heterocycles.